The van der Waals surface area contributed by atoms with Crippen molar-refractivity contribution < 1.29 is 4.79 Å². The first-order valence-electron chi connectivity index (χ1n) is 7.58. The molecule has 1 saturated carbocycles. The third-order valence-corrected chi connectivity index (χ3v) is 4.67. The van der Waals surface area contributed by atoms with Gasteiger partial charge in [-0.15, -0.1) is 0 Å². The molecule has 2 nitrogen and oxygen atoms in total. The van der Waals surface area contributed by atoms with Gasteiger partial charge in [0.1, 0.15) is 0 Å². The standard InChI is InChI=1S/C15H27NO/c1-2-3-4-9-14(17)15(10-5-6-11-15)16-12-7-8-13-16/h2-13H2,1H3. The van der Waals surface area contributed by atoms with Gasteiger partial charge in [0.2, 0.25) is 0 Å². The van der Waals surface area contributed by atoms with E-state index in [1.54, 1.807) is 0 Å². The highest BCUT2D eigenvalue weighted by Gasteiger charge is 2.45. The van der Waals surface area contributed by atoms with Gasteiger partial charge < -0.3 is 0 Å². The Balaban J connectivity index is 1.97. The van der Waals surface area contributed by atoms with Crippen molar-refractivity contribution in [3.8, 4) is 0 Å². The topological polar surface area (TPSA) is 20.3 Å². The molecule has 1 saturated heterocycles. The summed E-state index contributed by atoms with van der Waals surface area (Å²) in [6, 6.07) is 0. The first kappa shape index (κ1) is 13.1. The predicted octanol–water partition coefficient (Wildman–Crippen LogP) is 3.54. The van der Waals surface area contributed by atoms with E-state index in [-0.39, 0.29) is 5.54 Å². The maximum absolute atomic E-state index is 12.6. The fourth-order valence-electron chi connectivity index (χ4n) is 3.64. The summed E-state index contributed by atoms with van der Waals surface area (Å²) in [5.74, 6) is 0.561. The number of ketones is 1. The summed E-state index contributed by atoms with van der Waals surface area (Å²) in [7, 11) is 0. The molecule has 2 rings (SSSR count). The second-order valence-electron chi connectivity index (χ2n) is 5.81. The van der Waals surface area contributed by atoms with Crippen LogP contribution in [0, 0.1) is 0 Å². The molecule has 0 aromatic carbocycles. The summed E-state index contributed by atoms with van der Waals surface area (Å²) in [4.78, 5) is 15.1. The first-order chi connectivity index (χ1) is 8.29. The number of carbonyl (C=O) groups is 1. The Morgan fingerprint density at radius 2 is 1.71 bits per heavy atom. The molecule has 0 N–H and O–H groups in total. The van der Waals surface area contributed by atoms with Crippen LogP contribution in [0.1, 0.15) is 71.1 Å². The SMILES string of the molecule is CCCCCC(=O)C1(N2CCCC2)CCCC1. The molecule has 0 aromatic rings. The van der Waals surface area contributed by atoms with Crippen LogP contribution in [0.25, 0.3) is 0 Å². The molecule has 0 atom stereocenters. The van der Waals surface area contributed by atoms with Crippen molar-refractivity contribution >= 4 is 5.78 Å². The van der Waals surface area contributed by atoms with Crippen LogP contribution >= 0.6 is 0 Å². The molecule has 1 aliphatic carbocycles. The monoisotopic (exact) mass is 237 g/mol. The first-order valence-corrected chi connectivity index (χ1v) is 7.58. The van der Waals surface area contributed by atoms with Gasteiger partial charge in [-0.05, 0) is 45.2 Å². The van der Waals surface area contributed by atoms with Crippen molar-refractivity contribution in [1.82, 2.24) is 4.90 Å². The lowest BCUT2D eigenvalue weighted by molar-refractivity contribution is -0.130. The van der Waals surface area contributed by atoms with Gasteiger partial charge in [-0.3, -0.25) is 9.69 Å². The Kier molecular flexibility index (Phi) is 4.61. The van der Waals surface area contributed by atoms with Crippen LogP contribution in [0.5, 0.6) is 0 Å². The van der Waals surface area contributed by atoms with Gasteiger partial charge in [-0.2, -0.15) is 0 Å². The minimum absolute atomic E-state index is 0.0236. The molecule has 0 bridgehead atoms. The lowest BCUT2D eigenvalue weighted by Crippen LogP contribution is -2.51. The smallest absolute Gasteiger partial charge is 0.153 e. The van der Waals surface area contributed by atoms with Gasteiger partial charge in [0.05, 0.1) is 5.54 Å². The molecule has 0 amide bonds. The van der Waals surface area contributed by atoms with Crippen molar-refractivity contribution in [3.05, 3.63) is 0 Å². The van der Waals surface area contributed by atoms with Gasteiger partial charge in [0.25, 0.3) is 0 Å². The maximum atomic E-state index is 12.6. The molecule has 1 heterocycles. The number of hydrogen-bond donors (Lipinski definition) is 0. The Bertz CT molecular complexity index is 250. The second kappa shape index (κ2) is 5.99. The van der Waals surface area contributed by atoms with E-state index in [0.29, 0.717) is 5.78 Å². The minimum atomic E-state index is -0.0236. The Labute approximate surface area is 106 Å². The number of rotatable bonds is 6. The molecular formula is C15H27NO. The van der Waals surface area contributed by atoms with Crippen molar-refractivity contribution in [3.63, 3.8) is 0 Å². The summed E-state index contributed by atoms with van der Waals surface area (Å²) in [5.41, 5.74) is -0.0236. The van der Waals surface area contributed by atoms with Gasteiger partial charge in [0, 0.05) is 6.42 Å². The zero-order valence-electron chi connectivity index (χ0n) is 11.3. The molecule has 1 aliphatic heterocycles. The zero-order valence-corrected chi connectivity index (χ0v) is 11.3. The zero-order chi connectivity index (χ0) is 12.1. The van der Waals surface area contributed by atoms with Crippen LogP contribution in [0.4, 0.5) is 0 Å². The third kappa shape index (κ3) is 2.73. The summed E-state index contributed by atoms with van der Waals surface area (Å²) >= 11 is 0. The lowest BCUT2D eigenvalue weighted by atomic mass is 9.87. The van der Waals surface area contributed by atoms with Gasteiger partial charge >= 0.3 is 0 Å². The number of nitrogens with zero attached hydrogens (tertiary/aromatic N) is 1. The fraction of sp³-hybridized carbons (Fsp3) is 0.933. The highest BCUT2D eigenvalue weighted by atomic mass is 16.1. The Hall–Kier alpha value is -0.370. The quantitative estimate of drug-likeness (QED) is 0.659. The number of hydrogen-bond acceptors (Lipinski definition) is 2. The Morgan fingerprint density at radius 3 is 2.29 bits per heavy atom. The highest BCUT2D eigenvalue weighted by molar-refractivity contribution is 5.88. The Morgan fingerprint density at radius 1 is 1.06 bits per heavy atom. The molecule has 2 heteroatoms. The molecule has 0 aromatic heterocycles. The van der Waals surface area contributed by atoms with E-state index in [1.165, 1.54) is 51.6 Å². The second-order valence-corrected chi connectivity index (χ2v) is 5.81. The molecular weight excluding hydrogens is 210 g/mol. The van der Waals surface area contributed by atoms with E-state index < -0.39 is 0 Å². The molecule has 2 fully saturated rings. The molecule has 0 unspecified atom stereocenters. The van der Waals surface area contributed by atoms with Crippen LogP contribution in [0.2, 0.25) is 0 Å². The molecule has 2 aliphatic rings. The van der Waals surface area contributed by atoms with E-state index in [0.717, 1.165) is 25.7 Å². The van der Waals surface area contributed by atoms with Crippen LogP contribution < -0.4 is 0 Å². The lowest BCUT2D eigenvalue weighted by Gasteiger charge is -2.37. The number of carbonyl (C=O) groups excluding carboxylic acids is 1. The normalized spacial score (nSPS) is 24.3. The summed E-state index contributed by atoms with van der Waals surface area (Å²) < 4.78 is 0. The third-order valence-electron chi connectivity index (χ3n) is 4.67. The van der Waals surface area contributed by atoms with Crippen molar-refractivity contribution in [2.75, 3.05) is 13.1 Å². The van der Waals surface area contributed by atoms with Gasteiger partial charge in [-0.25, -0.2) is 0 Å². The maximum Gasteiger partial charge on any atom is 0.153 e. The highest BCUT2D eigenvalue weighted by Crippen LogP contribution is 2.39. The number of unbranched alkanes of at least 4 members (excludes halogenated alkanes) is 2. The molecule has 0 radical (unpaired) electrons. The summed E-state index contributed by atoms with van der Waals surface area (Å²) in [5, 5.41) is 0. The molecule has 98 valence electrons. The van der Waals surface area contributed by atoms with Crippen molar-refractivity contribution in [1.29, 1.82) is 0 Å². The van der Waals surface area contributed by atoms with Gasteiger partial charge in [-0.1, -0.05) is 32.6 Å². The van der Waals surface area contributed by atoms with E-state index in [2.05, 4.69) is 11.8 Å². The van der Waals surface area contributed by atoms with Gasteiger partial charge in [0.15, 0.2) is 5.78 Å². The summed E-state index contributed by atoms with van der Waals surface area (Å²) in [6.07, 6.45) is 11.7. The number of likely N-dealkylation sites (tertiary alicyclic amines) is 1. The fourth-order valence-corrected chi connectivity index (χ4v) is 3.64. The van der Waals surface area contributed by atoms with Crippen LogP contribution in [0.15, 0.2) is 0 Å². The van der Waals surface area contributed by atoms with Crippen LogP contribution in [0.3, 0.4) is 0 Å². The predicted molar refractivity (Wildman–Crippen MR) is 71.2 cm³/mol. The van der Waals surface area contributed by atoms with E-state index in [1.807, 2.05) is 0 Å². The molecule has 17 heavy (non-hydrogen) atoms. The largest absolute Gasteiger partial charge is 0.298 e. The van der Waals surface area contributed by atoms with E-state index >= 15 is 0 Å². The van der Waals surface area contributed by atoms with Crippen molar-refractivity contribution in [2.24, 2.45) is 0 Å². The average Bonchev–Trinajstić information content (AvgIpc) is 3.00. The summed E-state index contributed by atoms with van der Waals surface area (Å²) in [6.45, 7) is 4.54. The van der Waals surface area contributed by atoms with Crippen molar-refractivity contribution in [2.45, 2.75) is 76.7 Å². The average molecular weight is 237 g/mol. The minimum Gasteiger partial charge on any atom is -0.298 e. The van der Waals surface area contributed by atoms with E-state index in [9.17, 15) is 4.79 Å². The van der Waals surface area contributed by atoms with Crippen LogP contribution in [-0.4, -0.2) is 29.3 Å². The van der Waals surface area contributed by atoms with Crippen LogP contribution in [-0.2, 0) is 4.79 Å². The number of Topliss-reactive ketones (excluding diaryl/α,β-unsaturated/α-hetero) is 1. The van der Waals surface area contributed by atoms with E-state index in [4.69, 9.17) is 0 Å². The molecule has 0 spiro atoms.